The highest BCUT2D eigenvalue weighted by molar-refractivity contribution is 5.97. The number of hydrogen-bond acceptors (Lipinski definition) is 5. The van der Waals surface area contributed by atoms with Gasteiger partial charge in [-0.05, 0) is 32.3 Å². The molecule has 1 aliphatic heterocycles. The van der Waals surface area contributed by atoms with Gasteiger partial charge in [-0.15, -0.1) is 0 Å². The molecular formula is C14H21N3O2. The van der Waals surface area contributed by atoms with E-state index in [1.807, 2.05) is 0 Å². The van der Waals surface area contributed by atoms with Crippen LogP contribution in [0.2, 0.25) is 0 Å². The summed E-state index contributed by atoms with van der Waals surface area (Å²) in [5.41, 5.74) is 6.95. The number of hydrogen-bond donors (Lipinski definition) is 1. The number of nitrogen functional groups attached to an aromatic ring is 1. The van der Waals surface area contributed by atoms with Gasteiger partial charge in [0.2, 0.25) is 0 Å². The molecule has 1 aromatic rings. The molecule has 0 spiro atoms. The first-order chi connectivity index (χ1) is 9.19. The van der Waals surface area contributed by atoms with Crippen LogP contribution in [0.25, 0.3) is 0 Å². The van der Waals surface area contributed by atoms with Crippen LogP contribution in [0.5, 0.6) is 0 Å². The molecule has 1 aliphatic rings. The van der Waals surface area contributed by atoms with Crippen molar-refractivity contribution in [2.45, 2.75) is 39.2 Å². The number of rotatable bonds is 4. The SMILES string of the molecule is CCOC(=O)c1ccnc(N2CCCC2CC)c1N. The molecule has 1 unspecified atom stereocenters. The first kappa shape index (κ1) is 13.6. The molecular weight excluding hydrogens is 242 g/mol. The Morgan fingerprint density at radius 3 is 3.05 bits per heavy atom. The van der Waals surface area contributed by atoms with Crippen molar-refractivity contribution >= 4 is 17.5 Å². The van der Waals surface area contributed by atoms with Gasteiger partial charge in [0.05, 0.1) is 17.9 Å². The summed E-state index contributed by atoms with van der Waals surface area (Å²) < 4.78 is 5.01. The topological polar surface area (TPSA) is 68.5 Å². The zero-order valence-electron chi connectivity index (χ0n) is 11.6. The first-order valence-electron chi connectivity index (χ1n) is 6.87. The Hall–Kier alpha value is -1.78. The summed E-state index contributed by atoms with van der Waals surface area (Å²) in [5, 5.41) is 0. The Labute approximate surface area is 113 Å². The Kier molecular flexibility index (Phi) is 4.24. The van der Waals surface area contributed by atoms with Crippen LogP contribution in [0.4, 0.5) is 11.5 Å². The van der Waals surface area contributed by atoms with Crippen molar-refractivity contribution in [3.63, 3.8) is 0 Å². The average molecular weight is 263 g/mol. The number of anilines is 2. The van der Waals surface area contributed by atoms with Crippen molar-refractivity contribution in [3.8, 4) is 0 Å². The Bertz CT molecular complexity index is 462. The predicted octanol–water partition coefficient (Wildman–Crippen LogP) is 2.22. The normalized spacial score (nSPS) is 18.6. The van der Waals surface area contributed by atoms with Gasteiger partial charge in [-0.1, -0.05) is 6.92 Å². The number of nitrogens with zero attached hydrogens (tertiary/aromatic N) is 2. The number of esters is 1. The minimum atomic E-state index is -0.379. The molecule has 0 amide bonds. The van der Waals surface area contributed by atoms with Crippen LogP contribution in [0.15, 0.2) is 12.3 Å². The maximum Gasteiger partial charge on any atom is 0.340 e. The lowest BCUT2D eigenvalue weighted by atomic mass is 10.1. The maximum atomic E-state index is 11.8. The van der Waals surface area contributed by atoms with Gasteiger partial charge in [0.15, 0.2) is 5.82 Å². The fourth-order valence-corrected chi connectivity index (χ4v) is 2.62. The van der Waals surface area contributed by atoms with E-state index in [1.165, 1.54) is 0 Å². The van der Waals surface area contributed by atoms with Crippen molar-refractivity contribution in [2.75, 3.05) is 23.8 Å². The minimum absolute atomic E-state index is 0.344. The molecule has 19 heavy (non-hydrogen) atoms. The molecule has 1 fully saturated rings. The number of ether oxygens (including phenoxy) is 1. The van der Waals surface area contributed by atoms with E-state index in [1.54, 1.807) is 19.2 Å². The molecule has 1 saturated heterocycles. The number of pyridine rings is 1. The maximum absolute atomic E-state index is 11.8. The minimum Gasteiger partial charge on any atom is -0.462 e. The monoisotopic (exact) mass is 263 g/mol. The lowest BCUT2D eigenvalue weighted by Gasteiger charge is -2.26. The third-order valence-electron chi connectivity index (χ3n) is 3.58. The van der Waals surface area contributed by atoms with E-state index in [4.69, 9.17) is 10.5 Å². The van der Waals surface area contributed by atoms with E-state index in [0.29, 0.717) is 23.9 Å². The zero-order valence-corrected chi connectivity index (χ0v) is 11.6. The summed E-state index contributed by atoms with van der Waals surface area (Å²) in [6, 6.07) is 2.08. The van der Waals surface area contributed by atoms with Gasteiger partial charge in [-0.25, -0.2) is 9.78 Å². The van der Waals surface area contributed by atoms with Gasteiger partial charge in [0.25, 0.3) is 0 Å². The summed E-state index contributed by atoms with van der Waals surface area (Å²) in [4.78, 5) is 18.4. The molecule has 0 aliphatic carbocycles. The smallest absolute Gasteiger partial charge is 0.340 e. The van der Waals surface area contributed by atoms with Crippen LogP contribution in [-0.2, 0) is 4.74 Å². The second-order valence-electron chi connectivity index (χ2n) is 4.71. The summed E-state index contributed by atoms with van der Waals surface area (Å²) in [7, 11) is 0. The van der Waals surface area contributed by atoms with E-state index < -0.39 is 0 Å². The molecule has 5 heteroatoms. The van der Waals surface area contributed by atoms with Gasteiger partial charge < -0.3 is 15.4 Å². The second kappa shape index (κ2) is 5.91. The second-order valence-corrected chi connectivity index (χ2v) is 4.71. The molecule has 0 radical (unpaired) electrons. The molecule has 0 saturated carbocycles. The highest BCUT2D eigenvalue weighted by Crippen LogP contribution is 2.31. The summed E-state index contributed by atoms with van der Waals surface area (Å²) in [6.07, 6.45) is 4.98. The highest BCUT2D eigenvalue weighted by Gasteiger charge is 2.27. The van der Waals surface area contributed by atoms with Crippen LogP contribution in [-0.4, -0.2) is 30.1 Å². The van der Waals surface area contributed by atoms with Crippen molar-refractivity contribution in [2.24, 2.45) is 0 Å². The summed E-state index contributed by atoms with van der Waals surface area (Å²) in [5.74, 6) is 0.339. The van der Waals surface area contributed by atoms with Gasteiger partial charge in [-0.2, -0.15) is 0 Å². The standard InChI is InChI=1S/C14H21N3O2/c1-3-10-6-5-9-17(10)13-12(15)11(7-8-16-13)14(18)19-4-2/h7-8,10H,3-6,9,15H2,1-2H3. The summed E-state index contributed by atoms with van der Waals surface area (Å²) in [6.45, 7) is 5.23. The number of aromatic nitrogens is 1. The third kappa shape index (κ3) is 2.64. The van der Waals surface area contributed by atoms with Gasteiger partial charge in [0.1, 0.15) is 0 Å². The fraction of sp³-hybridized carbons (Fsp3) is 0.571. The van der Waals surface area contributed by atoms with E-state index in [2.05, 4.69) is 16.8 Å². The largest absolute Gasteiger partial charge is 0.462 e. The molecule has 1 aromatic heterocycles. The number of nitrogens with two attached hydrogens (primary N) is 1. The third-order valence-corrected chi connectivity index (χ3v) is 3.58. The van der Waals surface area contributed by atoms with Gasteiger partial charge in [-0.3, -0.25) is 0 Å². The van der Waals surface area contributed by atoms with Crippen LogP contribution < -0.4 is 10.6 Å². The predicted molar refractivity (Wildman–Crippen MR) is 75.3 cm³/mol. The van der Waals surface area contributed by atoms with E-state index in [0.717, 1.165) is 31.6 Å². The Morgan fingerprint density at radius 1 is 1.58 bits per heavy atom. The molecule has 2 rings (SSSR count). The molecule has 1 atom stereocenters. The molecule has 0 bridgehead atoms. The van der Waals surface area contributed by atoms with E-state index >= 15 is 0 Å². The van der Waals surface area contributed by atoms with Gasteiger partial charge in [0, 0.05) is 18.8 Å². The molecule has 2 N–H and O–H groups in total. The van der Waals surface area contributed by atoms with Gasteiger partial charge >= 0.3 is 5.97 Å². The van der Waals surface area contributed by atoms with Crippen molar-refractivity contribution < 1.29 is 9.53 Å². The van der Waals surface area contributed by atoms with Crippen LogP contribution in [0.1, 0.15) is 43.5 Å². The van der Waals surface area contributed by atoms with Crippen LogP contribution in [0, 0.1) is 0 Å². The lowest BCUT2D eigenvalue weighted by molar-refractivity contribution is 0.0527. The van der Waals surface area contributed by atoms with E-state index in [9.17, 15) is 4.79 Å². The Balaban J connectivity index is 2.31. The summed E-state index contributed by atoms with van der Waals surface area (Å²) >= 11 is 0. The van der Waals surface area contributed by atoms with Crippen LogP contribution >= 0.6 is 0 Å². The fourth-order valence-electron chi connectivity index (χ4n) is 2.62. The first-order valence-corrected chi connectivity index (χ1v) is 6.87. The lowest BCUT2D eigenvalue weighted by Crippen LogP contribution is -2.30. The highest BCUT2D eigenvalue weighted by atomic mass is 16.5. The molecule has 104 valence electrons. The van der Waals surface area contributed by atoms with E-state index in [-0.39, 0.29) is 5.97 Å². The van der Waals surface area contributed by atoms with Crippen molar-refractivity contribution in [3.05, 3.63) is 17.8 Å². The quantitative estimate of drug-likeness (QED) is 0.844. The average Bonchev–Trinajstić information content (AvgIpc) is 2.87. The number of carbonyl (C=O) groups is 1. The molecule has 5 nitrogen and oxygen atoms in total. The van der Waals surface area contributed by atoms with Crippen molar-refractivity contribution in [1.82, 2.24) is 4.98 Å². The van der Waals surface area contributed by atoms with Crippen LogP contribution in [0.3, 0.4) is 0 Å². The molecule has 0 aromatic carbocycles. The molecule has 2 heterocycles. The number of carbonyl (C=O) groups excluding carboxylic acids is 1. The Morgan fingerprint density at radius 2 is 2.37 bits per heavy atom. The van der Waals surface area contributed by atoms with Crippen molar-refractivity contribution in [1.29, 1.82) is 0 Å². The zero-order chi connectivity index (χ0) is 13.8.